The third kappa shape index (κ3) is 2.58. The van der Waals surface area contributed by atoms with Gasteiger partial charge in [0.25, 0.3) is 5.91 Å². The molecule has 21 heavy (non-hydrogen) atoms. The molecule has 1 aliphatic rings. The van der Waals surface area contributed by atoms with Crippen LogP contribution in [0.3, 0.4) is 0 Å². The zero-order chi connectivity index (χ0) is 15.0. The van der Waals surface area contributed by atoms with Crippen molar-refractivity contribution in [3.05, 3.63) is 44.5 Å². The first-order chi connectivity index (χ1) is 10.1. The van der Waals surface area contributed by atoms with E-state index < -0.39 is 5.97 Å². The summed E-state index contributed by atoms with van der Waals surface area (Å²) >= 11 is 4.57. The Balaban J connectivity index is 1.94. The van der Waals surface area contributed by atoms with Crippen LogP contribution in [0.1, 0.15) is 37.6 Å². The molecule has 2 aromatic rings. The summed E-state index contributed by atoms with van der Waals surface area (Å²) in [5, 5.41) is 12.5. The lowest BCUT2D eigenvalue weighted by Crippen LogP contribution is -2.14. The Morgan fingerprint density at radius 2 is 2.19 bits per heavy atom. The van der Waals surface area contributed by atoms with Crippen LogP contribution in [0.15, 0.2) is 22.9 Å². The molecule has 0 spiro atoms. The molecule has 108 valence electrons. The minimum absolute atomic E-state index is 0.237. The molecule has 0 radical (unpaired) electrons. The summed E-state index contributed by atoms with van der Waals surface area (Å²) in [6.45, 7) is 0. The van der Waals surface area contributed by atoms with Gasteiger partial charge in [-0.1, -0.05) is 0 Å². The molecular weight excluding hydrogens is 356 g/mol. The SMILES string of the molecule is O=C(Nc1sc2c(c1C(=O)O)CCC2)c1cccnc1Br. The number of carbonyl (C=O) groups excluding carboxylic acids is 1. The molecule has 2 aromatic heterocycles. The van der Waals surface area contributed by atoms with E-state index in [-0.39, 0.29) is 11.5 Å². The zero-order valence-electron chi connectivity index (χ0n) is 10.9. The summed E-state index contributed by atoms with van der Waals surface area (Å²) in [6, 6.07) is 3.29. The van der Waals surface area contributed by atoms with Crippen LogP contribution in [-0.2, 0) is 12.8 Å². The van der Waals surface area contributed by atoms with E-state index >= 15 is 0 Å². The Labute approximate surface area is 133 Å². The van der Waals surface area contributed by atoms with Gasteiger partial charge in [0.05, 0.1) is 11.1 Å². The van der Waals surface area contributed by atoms with Gasteiger partial charge < -0.3 is 10.4 Å². The second-order valence-electron chi connectivity index (χ2n) is 4.66. The van der Waals surface area contributed by atoms with E-state index in [1.165, 1.54) is 11.3 Å². The van der Waals surface area contributed by atoms with Crippen molar-refractivity contribution in [3.63, 3.8) is 0 Å². The van der Waals surface area contributed by atoms with Crippen molar-refractivity contribution in [1.82, 2.24) is 4.98 Å². The summed E-state index contributed by atoms with van der Waals surface area (Å²) in [5.41, 5.74) is 1.48. The highest BCUT2D eigenvalue weighted by atomic mass is 79.9. The maximum Gasteiger partial charge on any atom is 0.339 e. The molecular formula is C14H11BrN2O3S. The number of fused-ring (bicyclic) bond motifs is 1. The summed E-state index contributed by atoms with van der Waals surface area (Å²) < 4.78 is 0.434. The van der Waals surface area contributed by atoms with Crippen LogP contribution in [0.2, 0.25) is 0 Å². The lowest BCUT2D eigenvalue weighted by Gasteiger charge is -2.06. The van der Waals surface area contributed by atoms with Gasteiger partial charge in [0.15, 0.2) is 0 Å². The van der Waals surface area contributed by atoms with Gasteiger partial charge in [-0.25, -0.2) is 9.78 Å². The van der Waals surface area contributed by atoms with E-state index in [0.29, 0.717) is 15.2 Å². The van der Waals surface area contributed by atoms with Crippen molar-refractivity contribution in [3.8, 4) is 0 Å². The number of amides is 1. The highest BCUT2D eigenvalue weighted by Crippen LogP contribution is 2.39. The number of rotatable bonds is 3. The standard InChI is InChI=1S/C14H11BrN2O3S/c15-11-8(4-2-6-16-11)12(18)17-13-10(14(19)20)7-3-1-5-9(7)21-13/h2,4,6H,1,3,5H2,(H,17,18)(H,19,20). The number of nitrogens with one attached hydrogen (secondary N) is 1. The number of aromatic carboxylic acids is 1. The molecule has 7 heteroatoms. The fourth-order valence-electron chi connectivity index (χ4n) is 2.44. The second-order valence-corrected chi connectivity index (χ2v) is 6.52. The maximum absolute atomic E-state index is 12.3. The summed E-state index contributed by atoms with van der Waals surface area (Å²) in [6.07, 6.45) is 4.19. The quantitative estimate of drug-likeness (QED) is 0.816. The highest BCUT2D eigenvalue weighted by Gasteiger charge is 2.27. The van der Waals surface area contributed by atoms with Crippen molar-refractivity contribution < 1.29 is 14.7 Å². The molecule has 1 aliphatic carbocycles. The van der Waals surface area contributed by atoms with Gasteiger partial charge in [0.2, 0.25) is 0 Å². The molecule has 1 amide bonds. The molecule has 0 aromatic carbocycles. The van der Waals surface area contributed by atoms with E-state index in [1.807, 2.05) is 0 Å². The number of aromatic nitrogens is 1. The van der Waals surface area contributed by atoms with Gasteiger partial charge in [-0.15, -0.1) is 11.3 Å². The number of carboxylic acids is 1. The molecule has 5 nitrogen and oxygen atoms in total. The third-order valence-electron chi connectivity index (χ3n) is 3.37. The van der Waals surface area contributed by atoms with Crippen molar-refractivity contribution in [2.45, 2.75) is 19.3 Å². The lowest BCUT2D eigenvalue weighted by molar-refractivity contribution is 0.0697. The van der Waals surface area contributed by atoms with Gasteiger partial charge in [-0.3, -0.25) is 4.79 Å². The Kier molecular flexibility index (Phi) is 3.77. The molecule has 0 unspecified atom stereocenters. The van der Waals surface area contributed by atoms with Crippen LogP contribution in [0.25, 0.3) is 0 Å². The Hall–Kier alpha value is -1.73. The summed E-state index contributed by atoms with van der Waals surface area (Å²) in [7, 11) is 0. The van der Waals surface area contributed by atoms with Gasteiger partial charge in [-0.05, 0) is 52.9 Å². The number of pyridine rings is 1. The molecule has 0 saturated heterocycles. The monoisotopic (exact) mass is 366 g/mol. The maximum atomic E-state index is 12.3. The second kappa shape index (κ2) is 5.57. The van der Waals surface area contributed by atoms with E-state index in [0.717, 1.165) is 29.7 Å². The number of halogens is 1. The lowest BCUT2D eigenvalue weighted by atomic mass is 10.1. The van der Waals surface area contributed by atoms with Crippen LogP contribution < -0.4 is 5.32 Å². The van der Waals surface area contributed by atoms with Crippen LogP contribution in [-0.4, -0.2) is 22.0 Å². The first kappa shape index (κ1) is 14.2. The van der Waals surface area contributed by atoms with Crippen molar-refractivity contribution in [2.24, 2.45) is 0 Å². The van der Waals surface area contributed by atoms with Gasteiger partial charge in [0, 0.05) is 11.1 Å². The predicted octanol–water partition coefficient (Wildman–Crippen LogP) is 3.34. The van der Waals surface area contributed by atoms with Crippen molar-refractivity contribution >= 4 is 44.1 Å². The Morgan fingerprint density at radius 3 is 2.90 bits per heavy atom. The molecule has 0 aliphatic heterocycles. The van der Waals surface area contributed by atoms with Gasteiger partial charge in [-0.2, -0.15) is 0 Å². The fourth-order valence-corrected chi connectivity index (χ4v) is 4.15. The highest BCUT2D eigenvalue weighted by molar-refractivity contribution is 9.10. The van der Waals surface area contributed by atoms with Gasteiger partial charge >= 0.3 is 5.97 Å². The van der Waals surface area contributed by atoms with Gasteiger partial charge in [0.1, 0.15) is 9.60 Å². The van der Waals surface area contributed by atoms with Crippen LogP contribution in [0.5, 0.6) is 0 Å². The van der Waals surface area contributed by atoms with E-state index in [9.17, 15) is 14.7 Å². The minimum atomic E-state index is -0.991. The zero-order valence-corrected chi connectivity index (χ0v) is 13.3. The normalized spacial score (nSPS) is 13.0. The number of hydrogen-bond donors (Lipinski definition) is 2. The first-order valence-electron chi connectivity index (χ1n) is 6.37. The summed E-state index contributed by atoms with van der Waals surface area (Å²) in [5.74, 6) is -1.35. The van der Waals surface area contributed by atoms with Crippen molar-refractivity contribution in [2.75, 3.05) is 5.32 Å². The molecule has 3 rings (SSSR count). The van der Waals surface area contributed by atoms with E-state index in [1.54, 1.807) is 18.3 Å². The Bertz CT molecular complexity index is 742. The molecule has 0 fully saturated rings. The number of aryl methyl sites for hydroxylation is 1. The number of nitrogens with zero attached hydrogens (tertiary/aromatic N) is 1. The third-order valence-corrected chi connectivity index (χ3v) is 5.21. The topological polar surface area (TPSA) is 79.3 Å². The minimum Gasteiger partial charge on any atom is -0.478 e. The van der Waals surface area contributed by atoms with Crippen LogP contribution in [0.4, 0.5) is 5.00 Å². The van der Waals surface area contributed by atoms with Crippen LogP contribution >= 0.6 is 27.3 Å². The number of hydrogen-bond acceptors (Lipinski definition) is 4. The smallest absolute Gasteiger partial charge is 0.339 e. The Morgan fingerprint density at radius 1 is 1.38 bits per heavy atom. The predicted molar refractivity (Wildman–Crippen MR) is 83.2 cm³/mol. The first-order valence-corrected chi connectivity index (χ1v) is 7.98. The molecule has 0 bridgehead atoms. The number of thiophene rings is 1. The number of carboxylic acid groups (broad SMARTS) is 1. The number of carbonyl (C=O) groups is 2. The molecule has 0 saturated carbocycles. The number of anilines is 1. The van der Waals surface area contributed by atoms with Crippen LogP contribution in [0, 0.1) is 0 Å². The van der Waals surface area contributed by atoms with Crippen molar-refractivity contribution in [1.29, 1.82) is 0 Å². The fraction of sp³-hybridized carbons (Fsp3) is 0.214. The van der Waals surface area contributed by atoms with E-state index in [4.69, 9.17) is 0 Å². The summed E-state index contributed by atoms with van der Waals surface area (Å²) in [4.78, 5) is 28.8. The molecule has 2 N–H and O–H groups in total. The van der Waals surface area contributed by atoms with E-state index in [2.05, 4.69) is 26.2 Å². The molecule has 0 atom stereocenters. The largest absolute Gasteiger partial charge is 0.478 e. The average molecular weight is 367 g/mol. The average Bonchev–Trinajstić information content (AvgIpc) is 2.98. The molecule has 2 heterocycles.